The van der Waals surface area contributed by atoms with Gasteiger partial charge in [0.2, 0.25) is 0 Å². The largest absolute Gasteiger partial charge is 0.490 e. The molecule has 0 radical (unpaired) electrons. The smallest absolute Gasteiger partial charge is 0.434 e. The lowest BCUT2D eigenvalue weighted by Gasteiger charge is -2.35. The van der Waals surface area contributed by atoms with Crippen molar-refractivity contribution >= 4 is 5.97 Å². The van der Waals surface area contributed by atoms with Crippen molar-refractivity contribution in [1.29, 1.82) is 0 Å². The van der Waals surface area contributed by atoms with Gasteiger partial charge < -0.3 is 9.47 Å². The highest BCUT2D eigenvalue weighted by Crippen LogP contribution is 2.44. The number of alkyl halides is 6. The maximum atomic E-state index is 13.9. The summed E-state index contributed by atoms with van der Waals surface area (Å²) in [6.07, 6.45) is -10.5. The molecule has 1 saturated heterocycles. The highest BCUT2D eigenvalue weighted by Gasteiger charge is 2.58. The summed E-state index contributed by atoms with van der Waals surface area (Å²) in [5.41, 5.74) is -3.04. The first-order chi connectivity index (χ1) is 12.4. The van der Waals surface area contributed by atoms with Crippen LogP contribution in [0.4, 0.5) is 30.7 Å². The summed E-state index contributed by atoms with van der Waals surface area (Å²) in [6, 6.07) is 1.89. The Labute approximate surface area is 148 Å². The van der Waals surface area contributed by atoms with E-state index in [-0.39, 0.29) is 24.3 Å². The van der Waals surface area contributed by atoms with Crippen molar-refractivity contribution in [3.05, 3.63) is 35.1 Å². The molecular formula is C16H14F7NO3. The lowest BCUT2D eigenvalue weighted by atomic mass is 10.1. The summed E-state index contributed by atoms with van der Waals surface area (Å²) < 4.78 is 99.1. The fourth-order valence-electron chi connectivity index (χ4n) is 3.40. The standard InChI is InChI=1S/C16H14F7NO3/c17-11-4-10(15(18,19)20)2-1-9(11)7-26-12-3-8-5-14(12,24-6-8)27-13(25)16(21,22)23/h1-2,4,8,12,24H,3,5-7H2/t8-,12+,14+/m1/s1. The minimum atomic E-state index is -5.18. The Hall–Kier alpha value is -1.88. The third kappa shape index (κ3) is 4.03. The molecule has 2 aliphatic rings. The van der Waals surface area contributed by atoms with Gasteiger partial charge in [-0.05, 0) is 24.5 Å². The molecule has 1 aromatic rings. The molecule has 0 spiro atoms. The van der Waals surface area contributed by atoms with Crippen molar-refractivity contribution in [3.63, 3.8) is 0 Å². The molecule has 1 saturated carbocycles. The van der Waals surface area contributed by atoms with Gasteiger partial charge in [-0.25, -0.2) is 9.18 Å². The molecule has 2 fully saturated rings. The van der Waals surface area contributed by atoms with Crippen LogP contribution in [0, 0.1) is 11.7 Å². The van der Waals surface area contributed by atoms with Crippen LogP contribution in [0.25, 0.3) is 0 Å². The van der Waals surface area contributed by atoms with E-state index in [1.165, 1.54) is 0 Å². The van der Waals surface area contributed by atoms with Crippen LogP contribution in [0.2, 0.25) is 0 Å². The number of esters is 1. The highest BCUT2D eigenvalue weighted by atomic mass is 19.4. The predicted molar refractivity (Wildman–Crippen MR) is 75.6 cm³/mol. The van der Waals surface area contributed by atoms with E-state index in [0.29, 0.717) is 18.7 Å². The van der Waals surface area contributed by atoms with E-state index in [9.17, 15) is 35.5 Å². The molecule has 11 heteroatoms. The van der Waals surface area contributed by atoms with Gasteiger partial charge in [0.15, 0.2) is 5.72 Å². The third-order valence-electron chi connectivity index (χ3n) is 4.68. The zero-order valence-corrected chi connectivity index (χ0v) is 13.6. The summed E-state index contributed by atoms with van der Waals surface area (Å²) in [6.45, 7) is -0.145. The number of halogens is 7. The number of benzene rings is 1. The van der Waals surface area contributed by atoms with E-state index in [1.807, 2.05) is 0 Å². The Morgan fingerprint density at radius 2 is 1.93 bits per heavy atom. The third-order valence-corrected chi connectivity index (χ3v) is 4.68. The SMILES string of the molecule is O=C(O[C@]12C[C@H](CN1)C[C@@H]2OCc1ccc(C(F)(F)F)cc1F)C(F)(F)F. The van der Waals surface area contributed by atoms with E-state index in [0.717, 1.165) is 6.07 Å². The molecule has 1 heterocycles. The Kier molecular flexibility index (Phi) is 4.87. The average Bonchev–Trinajstić information content (AvgIpc) is 3.09. The Morgan fingerprint density at radius 3 is 2.48 bits per heavy atom. The molecule has 3 atom stereocenters. The van der Waals surface area contributed by atoms with E-state index < -0.39 is 48.1 Å². The second-order valence-corrected chi connectivity index (χ2v) is 6.57. The maximum absolute atomic E-state index is 13.9. The van der Waals surface area contributed by atoms with Gasteiger partial charge in [0, 0.05) is 18.5 Å². The van der Waals surface area contributed by atoms with Gasteiger partial charge in [0.1, 0.15) is 11.9 Å². The minimum absolute atomic E-state index is 0.0894. The fraction of sp³-hybridized carbons (Fsp3) is 0.562. The van der Waals surface area contributed by atoms with Crippen LogP contribution in [0.15, 0.2) is 18.2 Å². The van der Waals surface area contributed by atoms with Gasteiger partial charge in [-0.2, -0.15) is 26.3 Å². The van der Waals surface area contributed by atoms with Crippen LogP contribution in [-0.2, 0) is 27.1 Å². The summed E-state index contributed by atoms with van der Waals surface area (Å²) in [5, 5.41) is 2.69. The molecule has 4 nitrogen and oxygen atoms in total. The lowest BCUT2D eigenvalue weighted by Crippen LogP contribution is -2.56. The van der Waals surface area contributed by atoms with Crippen molar-refractivity contribution in [2.75, 3.05) is 6.54 Å². The van der Waals surface area contributed by atoms with Crippen LogP contribution in [-0.4, -0.2) is 30.5 Å². The van der Waals surface area contributed by atoms with Gasteiger partial charge in [-0.1, -0.05) is 6.07 Å². The molecule has 3 rings (SSSR count). The monoisotopic (exact) mass is 401 g/mol. The van der Waals surface area contributed by atoms with Crippen molar-refractivity contribution in [2.45, 2.75) is 43.6 Å². The average molecular weight is 401 g/mol. The number of nitrogens with one attached hydrogen (secondary N) is 1. The maximum Gasteiger partial charge on any atom is 0.490 e. The Balaban J connectivity index is 1.69. The summed E-state index contributed by atoms with van der Waals surface area (Å²) >= 11 is 0. The van der Waals surface area contributed by atoms with Crippen LogP contribution in [0.5, 0.6) is 0 Å². The van der Waals surface area contributed by atoms with E-state index in [2.05, 4.69) is 10.1 Å². The van der Waals surface area contributed by atoms with Crippen molar-refractivity contribution in [2.24, 2.45) is 5.92 Å². The Morgan fingerprint density at radius 1 is 1.22 bits per heavy atom. The van der Waals surface area contributed by atoms with Crippen LogP contribution < -0.4 is 5.32 Å². The molecule has 1 aliphatic carbocycles. The quantitative estimate of drug-likeness (QED) is 0.620. The van der Waals surface area contributed by atoms with E-state index in [1.54, 1.807) is 0 Å². The number of hydrogen-bond acceptors (Lipinski definition) is 4. The highest BCUT2D eigenvalue weighted by molar-refractivity contribution is 5.76. The zero-order valence-electron chi connectivity index (χ0n) is 13.6. The molecule has 0 amide bonds. The van der Waals surface area contributed by atoms with Crippen molar-refractivity contribution in [3.8, 4) is 0 Å². The van der Waals surface area contributed by atoms with Crippen LogP contribution in [0.3, 0.4) is 0 Å². The zero-order chi connectivity index (χ0) is 20.0. The van der Waals surface area contributed by atoms with E-state index in [4.69, 9.17) is 4.74 Å². The fourth-order valence-corrected chi connectivity index (χ4v) is 3.40. The number of fused-ring (bicyclic) bond motifs is 2. The molecule has 150 valence electrons. The molecule has 1 N–H and O–H groups in total. The van der Waals surface area contributed by atoms with Crippen molar-refractivity contribution in [1.82, 2.24) is 5.32 Å². The normalized spacial score (nSPS) is 27.8. The summed E-state index contributed by atoms with van der Waals surface area (Å²) in [7, 11) is 0. The molecule has 0 aromatic heterocycles. The van der Waals surface area contributed by atoms with Gasteiger partial charge in [-0.3, -0.25) is 5.32 Å². The first-order valence-corrected chi connectivity index (χ1v) is 7.93. The number of carbonyl (C=O) groups excluding carboxylic acids is 1. The summed E-state index contributed by atoms with van der Waals surface area (Å²) in [5.74, 6) is -3.61. The molecule has 0 unspecified atom stereocenters. The topological polar surface area (TPSA) is 47.6 Å². The lowest BCUT2D eigenvalue weighted by molar-refractivity contribution is -0.227. The van der Waals surface area contributed by atoms with Gasteiger partial charge >= 0.3 is 18.3 Å². The second-order valence-electron chi connectivity index (χ2n) is 6.57. The number of carbonyl (C=O) groups is 1. The van der Waals surface area contributed by atoms with Gasteiger partial charge in [0.05, 0.1) is 12.2 Å². The molecule has 1 aliphatic heterocycles. The van der Waals surface area contributed by atoms with Gasteiger partial charge in [-0.15, -0.1) is 0 Å². The van der Waals surface area contributed by atoms with Crippen LogP contribution in [0.1, 0.15) is 24.0 Å². The minimum Gasteiger partial charge on any atom is -0.434 e. The predicted octanol–water partition coefficient (Wildman–Crippen LogP) is 3.54. The Bertz CT molecular complexity index is 734. The van der Waals surface area contributed by atoms with Crippen molar-refractivity contribution < 1.29 is 45.0 Å². The molecule has 1 aromatic carbocycles. The number of rotatable bonds is 4. The number of ether oxygens (including phenoxy) is 2. The molecular weight excluding hydrogens is 387 g/mol. The van der Waals surface area contributed by atoms with Crippen LogP contribution >= 0.6 is 0 Å². The second kappa shape index (κ2) is 6.62. The van der Waals surface area contributed by atoms with Gasteiger partial charge in [0.25, 0.3) is 0 Å². The van der Waals surface area contributed by atoms with E-state index >= 15 is 0 Å². The molecule has 2 bridgehead atoms. The first kappa shape index (κ1) is 19.9. The summed E-state index contributed by atoms with van der Waals surface area (Å²) in [4.78, 5) is 11.2. The number of hydrogen-bond donors (Lipinski definition) is 1. The molecule has 27 heavy (non-hydrogen) atoms. The first-order valence-electron chi connectivity index (χ1n) is 7.93. The number of piperidine rings is 1.